The van der Waals surface area contributed by atoms with Gasteiger partial charge in [-0.15, -0.1) is 0 Å². The van der Waals surface area contributed by atoms with Crippen LogP contribution in [0.3, 0.4) is 0 Å². The molecule has 2 aromatic rings. The average Bonchev–Trinajstić information content (AvgIpc) is 2.21. The molecule has 0 aliphatic carbocycles. The Kier molecular flexibility index (Phi) is 2.45. The van der Waals surface area contributed by atoms with E-state index in [-0.39, 0.29) is 16.5 Å². The molecule has 0 bridgehead atoms. The van der Waals surface area contributed by atoms with Gasteiger partial charge >= 0.3 is 6.18 Å². The van der Waals surface area contributed by atoms with Crippen molar-refractivity contribution in [2.45, 2.75) is 13.1 Å². The first kappa shape index (κ1) is 11.6. The Hall–Kier alpha value is -1.85. The van der Waals surface area contributed by atoms with Gasteiger partial charge in [0.25, 0.3) is 0 Å². The summed E-state index contributed by atoms with van der Waals surface area (Å²) < 4.78 is 50.8. The number of benzene rings is 1. The van der Waals surface area contributed by atoms with E-state index in [1.165, 1.54) is 19.1 Å². The lowest BCUT2D eigenvalue weighted by Crippen LogP contribution is -2.08. The maximum Gasteiger partial charge on any atom is 0.433 e. The van der Waals surface area contributed by atoms with Crippen molar-refractivity contribution < 1.29 is 22.7 Å². The maximum absolute atomic E-state index is 13.6. The van der Waals surface area contributed by atoms with Crippen LogP contribution in [0.1, 0.15) is 11.3 Å². The van der Waals surface area contributed by atoms with Gasteiger partial charge in [-0.05, 0) is 18.6 Å². The molecule has 0 saturated heterocycles. The van der Waals surface area contributed by atoms with Crippen LogP contribution in [0.5, 0.6) is 5.75 Å². The van der Waals surface area contributed by atoms with Gasteiger partial charge in [0.15, 0.2) is 0 Å². The minimum absolute atomic E-state index is 0.222. The van der Waals surface area contributed by atoms with Gasteiger partial charge in [-0.2, -0.15) is 13.2 Å². The molecule has 0 aliphatic rings. The van der Waals surface area contributed by atoms with Crippen molar-refractivity contribution in [3.63, 3.8) is 0 Å². The lowest BCUT2D eigenvalue weighted by Gasteiger charge is -2.09. The minimum Gasteiger partial charge on any atom is -0.507 e. The summed E-state index contributed by atoms with van der Waals surface area (Å²) in [4.78, 5) is 3.28. The molecule has 17 heavy (non-hydrogen) atoms. The third-order valence-corrected chi connectivity index (χ3v) is 2.37. The minimum atomic E-state index is -4.67. The lowest BCUT2D eigenvalue weighted by atomic mass is 10.1. The highest BCUT2D eigenvalue weighted by molar-refractivity contribution is 5.86. The zero-order chi connectivity index (χ0) is 12.8. The molecule has 0 spiro atoms. The molecule has 0 atom stereocenters. The number of fused-ring (bicyclic) bond motifs is 1. The second kappa shape index (κ2) is 3.58. The monoisotopic (exact) mass is 245 g/mol. The zero-order valence-electron chi connectivity index (χ0n) is 8.64. The normalized spacial score (nSPS) is 12.1. The smallest absolute Gasteiger partial charge is 0.433 e. The van der Waals surface area contributed by atoms with Crippen molar-refractivity contribution in [3.8, 4) is 5.75 Å². The van der Waals surface area contributed by atoms with Crippen molar-refractivity contribution in [2.24, 2.45) is 0 Å². The molecule has 0 saturated carbocycles. The van der Waals surface area contributed by atoms with Gasteiger partial charge in [0.05, 0.1) is 10.9 Å². The van der Waals surface area contributed by atoms with Crippen molar-refractivity contribution in [3.05, 3.63) is 35.3 Å². The van der Waals surface area contributed by atoms with E-state index in [4.69, 9.17) is 0 Å². The summed E-state index contributed by atoms with van der Waals surface area (Å²) in [7, 11) is 0. The molecule has 1 aromatic heterocycles. The second-order valence-electron chi connectivity index (χ2n) is 3.61. The highest BCUT2D eigenvalue weighted by Gasteiger charge is 2.33. The van der Waals surface area contributed by atoms with E-state index < -0.39 is 23.4 Å². The first-order chi connectivity index (χ1) is 7.80. The van der Waals surface area contributed by atoms with E-state index >= 15 is 0 Å². The van der Waals surface area contributed by atoms with Crippen LogP contribution in [0.2, 0.25) is 0 Å². The van der Waals surface area contributed by atoms with Crippen LogP contribution < -0.4 is 0 Å². The number of aromatic nitrogens is 1. The maximum atomic E-state index is 13.6. The summed E-state index contributed by atoms with van der Waals surface area (Å²) in [5, 5.41) is 9.15. The van der Waals surface area contributed by atoms with Crippen molar-refractivity contribution >= 4 is 10.9 Å². The number of hydrogen-bond acceptors (Lipinski definition) is 2. The van der Waals surface area contributed by atoms with Gasteiger partial charge in [0.1, 0.15) is 17.3 Å². The third kappa shape index (κ3) is 1.90. The lowest BCUT2D eigenvalue weighted by molar-refractivity contribution is -0.141. The van der Waals surface area contributed by atoms with Crippen LogP contribution >= 0.6 is 0 Å². The number of hydrogen-bond donors (Lipinski definition) is 1. The summed E-state index contributed by atoms with van der Waals surface area (Å²) in [6, 6.07) is 2.97. The van der Waals surface area contributed by atoms with E-state index in [1.807, 2.05) is 0 Å². The van der Waals surface area contributed by atoms with Crippen molar-refractivity contribution in [1.82, 2.24) is 4.98 Å². The van der Waals surface area contributed by atoms with Gasteiger partial charge in [0, 0.05) is 6.07 Å². The summed E-state index contributed by atoms with van der Waals surface area (Å²) in [5.41, 5.74) is -1.24. The number of halogens is 4. The standard InChI is InChI=1S/C11H7F4NO/c1-5-2-3-6-9(10(5)12)7(17)4-8(16-6)11(13,14)15/h2-4H,1H3,(H,16,17). The van der Waals surface area contributed by atoms with Crippen LogP contribution in [-0.4, -0.2) is 10.1 Å². The molecule has 0 radical (unpaired) electrons. The fourth-order valence-corrected chi connectivity index (χ4v) is 1.52. The van der Waals surface area contributed by atoms with Gasteiger partial charge < -0.3 is 5.11 Å². The highest BCUT2D eigenvalue weighted by atomic mass is 19.4. The van der Waals surface area contributed by atoms with E-state index in [0.29, 0.717) is 6.07 Å². The molecule has 90 valence electrons. The molecule has 2 rings (SSSR count). The Labute approximate surface area is 93.5 Å². The fourth-order valence-electron chi connectivity index (χ4n) is 1.52. The zero-order valence-corrected chi connectivity index (χ0v) is 8.64. The van der Waals surface area contributed by atoms with Crippen LogP contribution in [0.4, 0.5) is 17.6 Å². The number of aromatic hydroxyl groups is 1. The largest absolute Gasteiger partial charge is 0.507 e. The van der Waals surface area contributed by atoms with E-state index in [1.54, 1.807) is 0 Å². The second-order valence-corrected chi connectivity index (χ2v) is 3.61. The summed E-state index contributed by atoms with van der Waals surface area (Å²) in [6.07, 6.45) is -4.67. The molecule has 1 aromatic carbocycles. The van der Waals surface area contributed by atoms with Gasteiger partial charge in [-0.1, -0.05) is 6.07 Å². The number of aryl methyl sites for hydroxylation is 1. The molecule has 0 amide bonds. The molecular formula is C11H7F4NO. The molecule has 6 heteroatoms. The molecule has 2 nitrogen and oxygen atoms in total. The molecule has 1 heterocycles. The van der Waals surface area contributed by atoms with Crippen LogP contribution in [0.15, 0.2) is 18.2 Å². The van der Waals surface area contributed by atoms with Gasteiger partial charge in [0.2, 0.25) is 0 Å². The Morgan fingerprint density at radius 2 is 1.88 bits per heavy atom. The van der Waals surface area contributed by atoms with Crippen LogP contribution in [-0.2, 0) is 6.18 Å². The predicted molar refractivity (Wildman–Crippen MR) is 53.1 cm³/mol. The molecular weight excluding hydrogens is 238 g/mol. The first-order valence-electron chi connectivity index (χ1n) is 4.66. The number of rotatable bonds is 0. The Balaban J connectivity index is 2.82. The average molecular weight is 245 g/mol. The van der Waals surface area contributed by atoms with Gasteiger partial charge in [-0.3, -0.25) is 0 Å². The number of pyridine rings is 1. The van der Waals surface area contributed by atoms with E-state index in [0.717, 1.165) is 0 Å². The predicted octanol–water partition coefficient (Wildman–Crippen LogP) is 3.41. The Morgan fingerprint density at radius 3 is 2.47 bits per heavy atom. The molecule has 0 aliphatic heterocycles. The Morgan fingerprint density at radius 1 is 1.24 bits per heavy atom. The first-order valence-corrected chi connectivity index (χ1v) is 4.66. The summed E-state index contributed by atoms with van der Waals surface area (Å²) in [6.45, 7) is 1.45. The fraction of sp³-hybridized carbons (Fsp3) is 0.182. The van der Waals surface area contributed by atoms with E-state index in [2.05, 4.69) is 4.98 Å². The van der Waals surface area contributed by atoms with Crippen LogP contribution in [0.25, 0.3) is 10.9 Å². The topological polar surface area (TPSA) is 33.1 Å². The molecule has 0 unspecified atom stereocenters. The van der Waals surface area contributed by atoms with Crippen molar-refractivity contribution in [2.75, 3.05) is 0 Å². The SMILES string of the molecule is Cc1ccc2nc(C(F)(F)F)cc(O)c2c1F. The Bertz CT molecular complexity index is 592. The van der Waals surface area contributed by atoms with Gasteiger partial charge in [-0.25, -0.2) is 9.37 Å². The van der Waals surface area contributed by atoms with Crippen LogP contribution in [0, 0.1) is 12.7 Å². The highest BCUT2D eigenvalue weighted by Crippen LogP contribution is 2.35. The summed E-state index contributed by atoms with van der Waals surface area (Å²) in [5.74, 6) is -1.52. The summed E-state index contributed by atoms with van der Waals surface area (Å²) >= 11 is 0. The quantitative estimate of drug-likeness (QED) is 0.721. The molecule has 1 N–H and O–H groups in total. The number of nitrogens with zero attached hydrogens (tertiary/aromatic N) is 1. The van der Waals surface area contributed by atoms with E-state index in [9.17, 15) is 22.7 Å². The van der Waals surface area contributed by atoms with Crippen molar-refractivity contribution in [1.29, 1.82) is 0 Å². The number of alkyl halides is 3. The third-order valence-electron chi connectivity index (χ3n) is 2.37. The molecule has 0 fully saturated rings.